The van der Waals surface area contributed by atoms with E-state index in [1.54, 1.807) is 0 Å². The maximum absolute atomic E-state index is 10.8. The van der Waals surface area contributed by atoms with Gasteiger partial charge in [-0.2, -0.15) is 0 Å². The summed E-state index contributed by atoms with van der Waals surface area (Å²) < 4.78 is 0. The fourth-order valence-electron chi connectivity index (χ4n) is 1.49. The summed E-state index contributed by atoms with van der Waals surface area (Å²) in [4.78, 5) is 10.8. The fraction of sp³-hybridized carbons (Fsp3) is 0.917. The van der Waals surface area contributed by atoms with Gasteiger partial charge in [-0.05, 0) is 58.4 Å². The summed E-state index contributed by atoms with van der Waals surface area (Å²) in [6, 6.07) is 0. The van der Waals surface area contributed by atoms with Gasteiger partial charge in [0, 0.05) is 6.54 Å². The summed E-state index contributed by atoms with van der Waals surface area (Å²) in [7, 11) is 0. The molecule has 0 radical (unpaired) electrons. The predicted octanol–water partition coefficient (Wildman–Crippen LogP) is -1.24. The van der Waals surface area contributed by atoms with Crippen LogP contribution in [0.25, 0.3) is 0 Å². The molecule has 0 aliphatic carbocycles. The minimum Gasteiger partial charge on any atom is -0.355 e. The van der Waals surface area contributed by atoms with Crippen LogP contribution in [0.5, 0.6) is 0 Å². The molecule has 18 heavy (non-hydrogen) atoms. The van der Waals surface area contributed by atoms with Crippen LogP contribution < -0.4 is 27.4 Å². The molecule has 6 nitrogen and oxygen atoms in total. The highest BCUT2D eigenvalue weighted by Crippen LogP contribution is 1.85. The van der Waals surface area contributed by atoms with E-state index in [0.29, 0.717) is 6.54 Å². The number of nitrogens with two attached hydrogens (primary N) is 2. The zero-order chi connectivity index (χ0) is 13.5. The lowest BCUT2D eigenvalue weighted by Crippen LogP contribution is -2.32. The molecule has 0 bridgehead atoms. The summed E-state index contributed by atoms with van der Waals surface area (Å²) >= 11 is 0. The molecule has 0 aromatic carbocycles. The molecular formula is C12H29N5O. The molecule has 0 unspecified atom stereocenters. The monoisotopic (exact) mass is 259 g/mol. The van der Waals surface area contributed by atoms with Gasteiger partial charge in [-0.1, -0.05) is 0 Å². The molecule has 0 aliphatic heterocycles. The quantitative estimate of drug-likeness (QED) is 0.266. The number of unbranched alkanes of at least 4 members (excludes halogenated alkanes) is 1. The Morgan fingerprint density at radius 1 is 0.778 bits per heavy atom. The molecule has 0 spiro atoms. The smallest absolute Gasteiger partial charge is 0.233 e. The second-order valence-electron chi connectivity index (χ2n) is 4.26. The van der Waals surface area contributed by atoms with Crippen molar-refractivity contribution in [2.75, 3.05) is 45.8 Å². The van der Waals surface area contributed by atoms with Crippen LogP contribution in [0.1, 0.15) is 25.7 Å². The molecule has 0 saturated carbocycles. The van der Waals surface area contributed by atoms with E-state index in [1.807, 2.05) is 0 Å². The maximum atomic E-state index is 10.8. The highest BCUT2D eigenvalue weighted by molar-refractivity contribution is 5.77. The topological polar surface area (TPSA) is 105 Å². The van der Waals surface area contributed by atoms with E-state index in [-0.39, 0.29) is 12.5 Å². The molecule has 0 fully saturated rings. The third-order valence-electron chi connectivity index (χ3n) is 2.55. The summed E-state index contributed by atoms with van der Waals surface area (Å²) in [5.41, 5.74) is 10.6. The molecule has 6 heteroatoms. The molecule has 7 N–H and O–H groups in total. The van der Waals surface area contributed by atoms with Gasteiger partial charge in [-0.25, -0.2) is 0 Å². The zero-order valence-corrected chi connectivity index (χ0v) is 11.3. The van der Waals surface area contributed by atoms with Gasteiger partial charge < -0.3 is 27.4 Å². The standard InChI is InChI=1S/C12H29N5O/c13-5-3-8-15-6-1-2-7-16-9-4-10-17-12(18)11-14/h15-16H,1-11,13-14H2,(H,17,18). The largest absolute Gasteiger partial charge is 0.355 e. The predicted molar refractivity (Wildman–Crippen MR) is 75.3 cm³/mol. The van der Waals surface area contributed by atoms with Gasteiger partial charge in [0.2, 0.25) is 5.91 Å². The third-order valence-corrected chi connectivity index (χ3v) is 2.55. The number of hydrogen-bond acceptors (Lipinski definition) is 5. The van der Waals surface area contributed by atoms with E-state index < -0.39 is 0 Å². The van der Waals surface area contributed by atoms with Crippen LogP contribution in [0.2, 0.25) is 0 Å². The molecule has 0 heterocycles. The average Bonchev–Trinajstić information content (AvgIpc) is 2.39. The van der Waals surface area contributed by atoms with Gasteiger partial charge in [0.15, 0.2) is 0 Å². The van der Waals surface area contributed by atoms with Crippen LogP contribution in [0.4, 0.5) is 0 Å². The summed E-state index contributed by atoms with van der Waals surface area (Å²) in [6.45, 7) is 5.58. The van der Waals surface area contributed by atoms with Crippen LogP contribution in [-0.4, -0.2) is 51.7 Å². The lowest BCUT2D eigenvalue weighted by Gasteiger charge is -2.06. The Bertz CT molecular complexity index is 189. The minimum absolute atomic E-state index is 0.0740. The Labute approximate surface area is 110 Å². The molecule has 0 aliphatic rings. The van der Waals surface area contributed by atoms with Crippen molar-refractivity contribution in [2.45, 2.75) is 25.7 Å². The van der Waals surface area contributed by atoms with Crippen molar-refractivity contribution in [1.82, 2.24) is 16.0 Å². The van der Waals surface area contributed by atoms with Crippen molar-refractivity contribution in [2.24, 2.45) is 11.5 Å². The Balaban J connectivity index is 2.97. The normalized spacial score (nSPS) is 10.6. The molecule has 0 atom stereocenters. The number of hydrogen-bond donors (Lipinski definition) is 5. The Kier molecular flexibility index (Phi) is 13.8. The first kappa shape index (κ1) is 17.3. The van der Waals surface area contributed by atoms with Crippen LogP contribution in [0, 0.1) is 0 Å². The van der Waals surface area contributed by atoms with Gasteiger partial charge in [0.1, 0.15) is 0 Å². The molecule has 108 valence electrons. The number of amides is 1. The van der Waals surface area contributed by atoms with Gasteiger partial charge >= 0.3 is 0 Å². The number of carbonyl (C=O) groups excluding carboxylic acids is 1. The Morgan fingerprint density at radius 2 is 1.33 bits per heavy atom. The first-order valence-corrected chi connectivity index (χ1v) is 6.89. The molecule has 0 aromatic heterocycles. The lowest BCUT2D eigenvalue weighted by atomic mass is 10.3. The molecule has 0 rings (SSSR count). The lowest BCUT2D eigenvalue weighted by molar-refractivity contribution is -0.119. The van der Waals surface area contributed by atoms with E-state index in [1.165, 1.54) is 12.8 Å². The highest BCUT2D eigenvalue weighted by Gasteiger charge is 1.95. The minimum atomic E-state index is -0.0847. The molecular weight excluding hydrogens is 230 g/mol. The molecule has 0 saturated heterocycles. The van der Waals surface area contributed by atoms with Crippen LogP contribution in [0.3, 0.4) is 0 Å². The van der Waals surface area contributed by atoms with Gasteiger partial charge in [-0.3, -0.25) is 4.79 Å². The second-order valence-corrected chi connectivity index (χ2v) is 4.26. The zero-order valence-electron chi connectivity index (χ0n) is 11.3. The van der Waals surface area contributed by atoms with Crippen molar-refractivity contribution in [3.63, 3.8) is 0 Å². The van der Waals surface area contributed by atoms with Crippen molar-refractivity contribution in [1.29, 1.82) is 0 Å². The Hall–Kier alpha value is -0.690. The second kappa shape index (κ2) is 14.4. The highest BCUT2D eigenvalue weighted by atomic mass is 16.1. The van der Waals surface area contributed by atoms with Gasteiger partial charge in [0.25, 0.3) is 0 Å². The van der Waals surface area contributed by atoms with E-state index in [4.69, 9.17) is 11.5 Å². The van der Waals surface area contributed by atoms with E-state index in [9.17, 15) is 4.79 Å². The van der Waals surface area contributed by atoms with Gasteiger partial charge in [-0.15, -0.1) is 0 Å². The van der Waals surface area contributed by atoms with Crippen molar-refractivity contribution in [3.05, 3.63) is 0 Å². The number of carbonyl (C=O) groups is 1. The number of rotatable bonds is 13. The summed E-state index contributed by atoms with van der Waals surface area (Å²) in [6.07, 6.45) is 4.35. The first-order chi connectivity index (χ1) is 8.81. The maximum Gasteiger partial charge on any atom is 0.233 e. The van der Waals surface area contributed by atoms with Crippen molar-refractivity contribution in [3.8, 4) is 0 Å². The first-order valence-electron chi connectivity index (χ1n) is 6.89. The van der Waals surface area contributed by atoms with Crippen LogP contribution >= 0.6 is 0 Å². The van der Waals surface area contributed by atoms with E-state index in [0.717, 1.165) is 45.6 Å². The fourth-order valence-corrected chi connectivity index (χ4v) is 1.49. The third kappa shape index (κ3) is 13.4. The van der Waals surface area contributed by atoms with Crippen LogP contribution in [0.15, 0.2) is 0 Å². The molecule has 1 amide bonds. The van der Waals surface area contributed by atoms with Crippen LogP contribution in [-0.2, 0) is 4.79 Å². The van der Waals surface area contributed by atoms with Gasteiger partial charge in [0.05, 0.1) is 6.54 Å². The van der Waals surface area contributed by atoms with Crippen molar-refractivity contribution >= 4 is 5.91 Å². The van der Waals surface area contributed by atoms with E-state index in [2.05, 4.69) is 16.0 Å². The average molecular weight is 259 g/mol. The SMILES string of the molecule is NCCCNCCCCNCCCNC(=O)CN. The molecule has 0 aromatic rings. The number of nitrogens with one attached hydrogen (secondary N) is 3. The summed E-state index contributed by atoms with van der Waals surface area (Å²) in [5, 5.41) is 9.44. The van der Waals surface area contributed by atoms with E-state index >= 15 is 0 Å². The Morgan fingerprint density at radius 3 is 1.89 bits per heavy atom. The summed E-state index contributed by atoms with van der Waals surface area (Å²) in [5.74, 6) is -0.0847. The van der Waals surface area contributed by atoms with Crippen molar-refractivity contribution < 1.29 is 4.79 Å².